The second kappa shape index (κ2) is 7.09. The maximum atomic E-state index is 13.9. The van der Waals surface area contributed by atoms with E-state index in [1.807, 2.05) is 31.3 Å². The molecule has 112 valence electrons. The highest BCUT2D eigenvalue weighted by Crippen LogP contribution is 2.22. The van der Waals surface area contributed by atoms with Gasteiger partial charge in [0, 0.05) is 0 Å². The quantitative estimate of drug-likeness (QED) is 0.883. The summed E-state index contributed by atoms with van der Waals surface area (Å²) >= 11 is 0. The second-order valence-electron chi connectivity index (χ2n) is 4.81. The van der Waals surface area contributed by atoms with Crippen LogP contribution < -0.4 is 14.8 Å². The highest BCUT2D eigenvalue weighted by molar-refractivity contribution is 5.31. The maximum Gasteiger partial charge on any atom is 0.167 e. The van der Waals surface area contributed by atoms with Crippen molar-refractivity contribution in [3.05, 3.63) is 59.4 Å². The molecule has 4 heteroatoms. The van der Waals surface area contributed by atoms with Crippen molar-refractivity contribution in [2.75, 3.05) is 20.8 Å². The first-order chi connectivity index (χ1) is 10.2. The number of rotatable bonds is 6. The molecule has 0 radical (unpaired) electrons. The van der Waals surface area contributed by atoms with Crippen molar-refractivity contribution in [3.63, 3.8) is 0 Å². The van der Waals surface area contributed by atoms with E-state index in [0.29, 0.717) is 12.2 Å². The van der Waals surface area contributed by atoms with Crippen molar-refractivity contribution < 1.29 is 13.9 Å². The zero-order valence-corrected chi connectivity index (χ0v) is 12.5. The molecule has 0 aliphatic heterocycles. The molecule has 21 heavy (non-hydrogen) atoms. The van der Waals surface area contributed by atoms with Crippen LogP contribution in [0, 0.1) is 12.7 Å². The molecule has 0 amide bonds. The molecule has 0 saturated carbocycles. The van der Waals surface area contributed by atoms with Crippen LogP contribution in [0.1, 0.15) is 17.2 Å². The Hall–Kier alpha value is -2.07. The molecule has 0 aromatic heterocycles. The van der Waals surface area contributed by atoms with E-state index < -0.39 is 0 Å². The van der Waals surface area contributed by atoms with E-state index in [1.54, 1.807) is 32.2 Å². The fourth-order valence-corrected chi connectivity index (χ4v) is 2.09. The second-order valence-corrected chi connectivity index (χ2v) is 4.81. The van der Waals surface area contributed by atoms with Crippen LogP contribution >= 0.6 is 0 Å². The lowest BCUT2D eigenvalue weighted by Gasteiger charge is -2.18. The monoisotopic (exact) mass is 289 g/mol. The minimum absolute atomic E-state index is 0.0178. The van der Waals surface area contributed by atoms with Gasteiger partial charge in [0.2, 0.25) is 0 Å². The van der Waals surface area contributed by atoms with Gasteiger partial charge in [0.25, 0.3) is 0 Å². The largest absolute Gasteiger partial charge is 0.497 e. The Kier molecular flexibility index (Phi) is 5.17. The lowest BCUT2D eigenvalue weighted by Crippen LogP contribution is -2.23. The van der Waals surface area contributed by atoms with Crippen LogP contribution in [0.5, 0.6) is 11.5 Å². The molecule has 0 fully saturated rings. The molecule has 1 N–H and O–H groups in total. The summed E-state index contributed by atoms with van der Waals surface area (Å²) in [6, 6.07) is 12.9. The van der Waals surface area contributed by atoms with Gasteiger partial charge in [-0.25, -0.2) is 4.39 Å². The Morgan fingerprint density at radius 1 is 1.14 bits per heavy atom. The third-order valence-electron chi connectivity index (χ3n) is 3.43. The van der Waals surface area contributed by atoms with Crippen LogP contribution in [0.25, 0.3) is 0 Å². The number of methoxy groups -OCH3 is 1. The van der Waals surface area contributed by atoms with Gasteiger partial charge < -0.3 is 14.8 Å². The molecule has 0 aliphatic rings. The van der Waals surface area contributed by atoms with Crippen LogP contribution in [-0.2, 0) is 0 Å². The van der Waals surface area contributed by atoms with E-state index in [4.69, 9.17) is 9.47 Å². The van der Waals surface area contributed by atoms with E-state index in [9.17, 15) is 4.39 Å². The van der Waals surface area contributed by atoms with Crippen LogP contribution in [0.3, 0.4) is 0 Å². The maximum absolute atomic E-state index is 13.9. The number of hydrogen-bond acceptors (Lipinski definition) is 3. The summed E-state index contributed by atoms with van der Waals surface area (Å²) in [7, 11) is 3.49. The van der Waals surface area contributed by atoms with Crippen LogP contribution in [0.15, 0.2) is 42.5 Å². The molecule has 3 nitrogen and oxygen atoms in total. The molecule has 2 rings (SSSR count). The minimum Gasteiger partial charge on any atom is -0.497 e. The number of likely N-dealkylation sites (N-methyl/N-ethyl adjacent to an activating group) is 1. The number of ether oxygens (including phenoxy) is 2. The first kappa shape index (κ1) is 15.3. The van der Waals surface area contributed by atoms with Gasteiger partial charge in [-0.2, -0.15) is 0 Å². The lowest BCUT2D eigenvalue weighted by molar-refractivity contribution is 0.261. The van der Waals surface area contributed by atoms with Crippen LogP contribution in [-0.4, -0.2) is 20.8 Å². The van der Waals surface area contributed by atoms with Crippen molar-refractivity contribution in [1.29, 1.82) is 0 Å². The summed E-state index contributed by atoms with van der Waals surface area (Å²) in [5.74, 6) is 0.782. The van der Waals surface area contributed by atoms with Crippen molar-refractivity contribution in [1.82, 2.24) is 5.32 Å². The van der Waals surface area contributed by atoms with Gasteiger partial charge in [-0.05, 0) is 43.3 Å². The summed E-state index contributed by atoms with van der Waals surface area (Å²) < 4.78 is 24.6. The predicted octanol–water partition coefficient (Wildman–Crippen LogP) is 3.48. The van der Waals surface area contributed by atoms with Gasteiger partial charge >= 0.3 is 0 Å². The highest BCUT2D eigenvalue weighted by Gasteiger charge is 2.12. The van der Waals surface area contributed by atoms with Gasteiger partial charge in [-0.3, -0.25) is 0 Å². The predicted molar refractivity (Wildman–Crippen MR) is 81.4 cm³/mol. The van der Waals surface area contributed by atoms with E-state index in [-0.39, 0.29) is 17.6 Å². The normalized spacial score (nSPS) is 12.0. The fraction of sp³-hybridized carbons (Fsp3) is 0.294. The lowest BCUT2D eigenvalue weighted by atomic mass is 10.1. The number of benzene rings is 2. The van der Waals surface area contributed by atoms with Crippen LogP contribution in [0.4, 0.5) is 4.39 Å². The van der Waals surface area contributed by atoms with Crippen molar-refractivity contribution in [2.45, 2.75) is 13.0 Å². The van der Waals surface area contributed by atoms with E-state index in [1.165, 1.54) is 0 Å². The smallest absolute Gasteiger partial charge is 0.167 e. The van der Waals surface area contributed by atoms with Crippen LogP contribution in [0.2, 0.25) is 0 Å². The van der Waals surface area contributed by atoms with Crippen molar-refractivity contribution in [2.24, 2.45) is 0 Å². The van der Waals surface area contributed by atoms with Crippen molar-refractivity contribution in [3.8, 4) is 11.5 Å². The summed E-state index contributed by atoms with van der Waals surface area (Å²) in [5.41, 5.74) is 1.64. The van der Waals surface area contributed by atoms with Gasteiger partial charge in [0.15, 0.2) is 11.6 Å². The van der Waals surface area contributed by atoms with E-state index >= 15 is 0 Å². The highest BCUT2D eigenvalue weighted by atomic mass is 19.1. The molecule has 1 atom stereocenters. The average molecular weight is 289 g/mol. The standard InChI is InChI=1S/C17H20FNO2/c1-12-5-4-6-16(17(12)18)21-11-15(19-2)13-7-9-14(20-3)10-8-13/h4-10,15,19H,11H2,1-3H3. The average Bonchev–Trinajstić information content (AvgIpc) is 2.52. The number of halogens is 1. The molecule has 0 saturated heterocycles. The number of aryl methyl sites for hydroxylation is 1. The third kappa shape index (κ3) is 3.73. The fourth-order valence-electron chi connectivity index (χ4n) is 2.09. The van der Waals surface area contributed by atoms with E-state index in [2.05, 4.69) is 5.32 Å². The molecule has 1 unspecified atom stereocenters. The topological polar surface area (TPSA) is 30.5 Å². The number of nitrogens with one attached hydrogen (secondary N) is 1. The van der Waals surface area contributed by atoms with Gasteiger partial charge in [0.05, 0.1) is 13.2 Å². The van der Waals surface area contributed by atoms with E-state index in [0.717, 1.165) is 11.3 Å². The van der Waals surface area contributed by atoms with Gasteiger partial charge in [0.1, 0.15) is 12.4 Å². The molecule has 0 heterocycles. The Balaban J connectivity index is 2.06. The summed E-state index contributed by atoms with van der Waals surface area (Å²) in [6.45, 7) is 2.07. The van der Waals surface area contributed by atoms with Crippen molar-refractivity contribution >= 4 is 0 Å². The molecule has 2 aromatic carbocycles. The zero-order valence-electron chi connectivity index (χ0n) is 12.5. The third-order valence-corrected chi connectivity index (χ3v) is 3.43. The molecule has 2 aromatic rings. The summed E-state index contributed by atoms with van der Waals surface area (Å²) in [5, 5.41) is 3.17. The number of hydrogen-bond donors (Lipinski definition) is 1. The molecule has 0 spiro atoms. The molecular formula is C17H20FNO2. The molecule has 0 bridgehead atoms. The Morgan fingerprint density at radius 2 is 1.86 bits per heavy atom. The minimum atomic E-state index is -0.304. The zero-order chi connectivity index (χ0) is 15.2. The summed E-state index contributed by atoms with van der Waals surface area (Å²) in [6.07, 6.45) is 0. The Bertz CT molecular complexity index is 584. The first-order valence-corrected chi connectivity index (χ1v) is 6.85. The SMILES string of the molecule is CNC(COc1cccc(C)c1F)c1ccc(OC)cc1. The Labute approximate surface area is 124 Å². The van der Waals surface area contributed by atoms with Gasteiger partial charge in [-0.15, -0.1) is 0 Å². The first-order valence-electron chi connectivity index (χ1n) is 6.85. The molecular weight excluding hydrogens is 269 g/mol. The Morgan fingerprint density at radius 3 is 2.48 bits per heavy atom. The van der Waals surface area contributed by atoms with Gasteiger partial charge in [-0.1, -0.05) is 24.3 Å². The summed E-state index contributed by atoms with van der Waals surface area (Å²) in [4.78, 5) is 0. The molecule has 0 aliphatic carbocycles.